The molecule has 0 N–H and O–H groups in total. The third-order valence-corrected chi connectivity index (χ3v) is 7.11. The van der Waals surface area contributed by atoms with Crippen molar-refractivity contribution in [2.45, 2.75) is 83.8 Å². The molecule has 0 aliphatic heterocycles. The Bertz CT molecular complexity index is 511. The zero-order valence-corrected chi connectivity index (χ0v) is 19.8. The molecule has 0 saturated carbocycles. The number of unbranched alkanes of at least 4 members (excludes halogenated alkanes) is 6. The Morgan fingerprint density at radius 2 is 1.56 bits per heavy atom. The maximum absolute atomic E-state index is 12.5. The van der Waals surface area contributed by atoms with E-state index in [1.54, 1.807) is 19.1 Å². The Balaban J connectivity index is 0.00000576. The minimum Gasteiger partial charge on any atom is -0.269 e. The Kier molecular flexibility index (Phi) is 12.9. The molecule has 0 bridgehead atoms. The van der Waals surface area contributed by atoms with E-state index in [1.165, 1.54) is 38.5 Å². The molecule has 0 aromatic carbocycles. The predicted octanol–water partition coefficient (Wildman–Crippen LogP) is 5.25. The first-order valence-electron chi connectivity index (χ1n) is 9.54. The van der Waals surface area contributed by atoms with Crippen LogP contribution < -0.4 is 0 Å². The Labute approximate surface area is 178 Å². The van der Waals surface area contributed by atoms with Crippen LogP contribution >= 0.6 is 0 Å². The summed E-state index contributed by atoms with van der Waals surface area (Å²) < 4.78 is 29.3. The monoisotopic (exact) mass is 379 g/mol. The summed E-state index contributed by atoms with van der Waals surface area (Å²) in [6, 6.07) is 0. The van der Waals surface area contributed by atoms with Gasteiger partial charge in [0.15, 0.2) is 0 Å². The fourth-order valence-electron chi connectivity index (χ4n) is 2.97. The summed E-state index contributed by atoms with van der Waals surface area (Å²) in [5, 5.41) is 0. The normalized spacial score (nSPS) is 23.0. The summed E-state index contributed by atoms with van der Waals surface area (Å²) in [7, 11) is -3.58. The summed E-state index contributed by atoms with van der Waals surface area (Å²) in [4.78, 5) is 0. The average Bonchev–Trinajstić information content (AvgIpc) is 2.51. The van der Waals surface area contributed by atoms with Crippen molar-refractivity contribution in [2.24, 2.45) is 11.8 Å². The van der Waals surface area contributed by atoms with E-state index in [4.69, 9.17) is 4.18 Å². The maximum Gasteiger partial charge on any atom is 0.277 e. The van der Waals surface area contributed by atoms with E-state index in [0.29, 0.717) is 6.61 Å². The molecule has 2 unspecified atom stereocenters. The number of rotatable bonds is 12. The minimum atomic E-state index is -3.58. The Hall–Kier alpha value is 0.390. The first-order valence-corrected chi connectivity index (χ1v) is 11.0. The number of allylic oxidation sites excluding steroid dienone is 3. The molecule has 0 fully saturated rings. The van der Waals surface area contributed by atoms with E-state index in [-0.39, 0.29) is 35.5 Å². The van der Waals surface area contributed by atoms with Crippen LogP contribution in [-0.2, 0) is 14.3 Å². The third-order valence-electron chi connectivity index (χ3n) is 5.05. The predicted molar refractivity (Wildman–Crippen MR) is 108 cm³/mol. The van der Waals surface area contributed by atoms with Crippen molar-refractivity contribution in [2.75, 3.05) is 6.61 Å². The van der Waals surface area contributed by atoms with E-state index < -0.39 is 14.9 Å². The summed E-state index contributed by atoms with van der Waals surface area (Å²) in [5.41, 5.74) is 0. The van der Waals surface area contributed by atoms with Crippen LogP contribution in [0.1, 0.15) is 79.1 Å². The Morgan fingerprint density at radius 1 is 1.00 bits per heavy atom. The molecule has 1 aliphatic rings. The van der Waals surface area contributed by atoms with Crippen molar-refractivity contribution in [3.8, 4) is 0 Å². The first kappa shape index (κ1) is 25.4. The van der Waals surface area contributed by atoms with Crippen molar-refractivity contribution >= 4 is 39.7 Å². The molecular weight excluding hydrogens is 343 g/mol. The van der Waals surface area contributed by atoms with Gasteiger partial charge in [-0.3, -0.25) is 4.18 Å². The molecule has 0 aromatic rings. The standard InChI is InChI=1S/C20H36O3S.Na/c1-18(2)14-10-8-6-5-7-9-13-17-23-24(21,22)20(4)16-12-11-15-19(20)3;/h11-12,15-16,18-19H,5-10,13-14,17H2,1-4H3;. The SMILES string of the molecule is CC(C)CCCCCCCCCOS(=O)(=O)C1(C)C=CC=CC1C.[Na]. The number of hydrogen-bond acceptors (Lipinski definition) is 3. The van der Waals surface area contributed by atoms with Gasteiger partial charge in [0.25, 0.3) is 10.1 Å². The van der Waals surface area contributed by atoms with Gasteiger partial charge in [-0.15, -0.1) is 0 Å². The largest absolute Gasteiger partial charge is 0.277 e. The molecule has 0 amide bonds. The van der Waals surface area contributed by atoms with E-state index in [2.05, 4.69) is 13.8 Å². The molecule has 0 aromatic heterocycles. The molecular formula is C20H36NaO3S. The molecule has 5 heteroatoms. The van der Waals surface area contributed by atoms with Gasteiger partial charge in [0.2, 0.25) is 0 Å². The van der Waals surface area contributed by atoms with E-state index in [1.807, 2.05) is 19.1 Å². The molecule has 1 radical (unpaired) electrons. The fourth-order valence-corrected chi connectivity index (χ4v) is 4.34. The van der Waals surface area contributed by atoms with Crippen molar-refractivity contribution in [3.63, 3.8) is 0 Å². The van der Waals surface area contributed by atoms with Gasteiger partial charge < -0.3 is 0 Å². The minimum absolute atomic E-state index is 0. The summed E-state index contributed by atoms with van der Waals surface area (Å²) in [6.07, 6.45) is 16.9. The van der Waals surface area contributed by atoms with Crippen LogP contribution in [0, 0.1) is 11.8 Å². The topological polar surface area (TPSA) is 43.4 Å². The smallest absolute Gasteiger partial charge is 0.269 e. The van der Waals surface area contributed by atoms with Crippen LogP contribution in [0.3, 0.4) is 0 Å². The fraction of sp³-hybridized carbons (Fsp3) is 0.800. The van der Waals surface area contributed by atoms with E-state index in [0.717, 1.165) is 18.8 Å². The summed E-state index contributed by atoms with van der Waals surface area (Å²) >= 11 is 0. The third kappa shape index (κ3) is 8.75. The second kappa shape index (κ2) is 12.7. The summed E-state index contributed by atoms with van der Waals surface area (Å²) in [5.74, 6) is 0.738. The molecule has 0 spiro atoms. The van der Waals surface area contributed by atoms with Gasteiger partial charge in [0.05, 0.1) is 6.61 Å². The molecule has 0 saturated heterocycles. The van der Waals surface area contributed by atoms with Crippen molar-refractivity contribution < 1.29 is 12.6 Å². The van der Waals surface area contributed by atoms with Gasteiger partial charge in [-0.25, -0.2) is 0 Å². The molecule has 141 valence electrons. The average molecular weight is 380 g/mol. The van der Waals surface area contributed by atoms with Gasteiger partial charge in [-0.05, 0) is 25.2 Å². The van der Waals surface area contributed by atoms with Crippen molar-refractivity contribution in [1.29, 1.82) is 0 Å². The van der Waals surface area contributed by atoms with Gasteiger partial charge in [-0.2, -0.15) is 8.42 Å². The van der Waals surface area contributed by atoms with Crippen molar-refractivity contribution in [3.05, 3.63) is 24.3 Å². The second-order valence-electron chi connectivity index (χ2n) is 7.65. The molecule has 25 heavy (non-hydrogen) atoms. The maximum atomic E-state index is 12.5. The van der Waals surface area contributed by atoms with Crippen LogP contribution in [0.15, 0.2) is 24.3 Å². The quantitative estimate of drug-likeness (QED) is 0.264. The van der Waals surface area contributed by atoms with Gasteiger partial charge >= 0.3 is 0 Å². The van der Waals surface area contributed by atoms with Crippen LogP contribution in [-0.4, -0.2) is 49.3 Å². The molecule has 0 heterocycles. The first-order chi connectivity index (χ1) is 11.3. The van der Waals surface area contributed by atoms with Crippen LogP contribution in [0.4, 0.5) is 0 Å². The summed E-state index contributed by atoms with van der Waals surface area (Å²) in [6.45, 7) is 8.50. The molecule has 2 atom stereocenters. The molecule has 3 nitrogen and oxygen atoms in total. The molecule has 1 aliphatic carbocycles. The Morgan fingerprint density at radius 3 is 2.12 bits per heavy atom. The second-order valence-corrected chi connectivity index (χ2v) is 9.67. The van der Waals surface area contributed by atoms with Gasteiger partial charge in [0.1, 0.15) is 4.75 Å². The zero-order valence-electron chi connectivity index (χ0n) is 17.0. The van der Waals surface area contributed by atoms with Gasteiger partial charge in [0, 0.05) is 29.6 Å². The van der Waals surface area contributed by atoms with E-state index >= 15 is 0 Å². The van der Waals surface area contributed by atoms with Crippen LogP contribution in [0.2, 0.25) is 0 Å². The van der Waals surface area contributed by atoms with Gasteiger partial charge in [-0.1, -0.05) is 90.0 Å². The number of hydrogen-bond donors (Lipinski definition) is 0. The van der Waals surface area contributed by atoms with E-state index in [9.17, 15) is 8.42 Å². The van der Waals surface area contributed by atoms with Crippen molar-refractivity contribution in [1.82, 2.24) is 0 Å². The zero-order chi connectivity index (χ0) is 18.1. The van der Waals surface area contributed by atoms with Crippen LogP contribution in [0.25, 0.3) is 0 Å². The van der Waals surface area contributed by atoms with Crippen LogP contribution in [0.5, 0.6) is 0 Å². The molecule has 1 rings (SSSR count).